The molecule has 0 spiro atoms. The predicted octanol–water partition coefficient (Wildman–Crippen LogP) is 0.491. The van der Waals surface area contributed by atoms with Crippen LogP contribution in [0.2, 0.25) is 0 Å². The third-order valence-electron chi connectivity index (χ3n) is 8.96. The van der Waals surface area contributed by atoms with Gasteiger partial charge in [0.15, 0.2) is 11.4 Å². The zero-order valence-electron chi connectivity index (χ0n) is 20.5. The molecule has 0 aromatic heterocycles. The molecule has 0 radical (unpaired) electrons. The third kappa shape index (κ3) is 2.74. The SMILES string of the molecule is C=C(C)[C@]1(O)[C@H](C)[C@@H](C)[C@]2(OC(C)(C)C)C3C=C(C)C(=O)[C@@]3(O)[C@H](O)[C@@]3(CO)O[C@H]3[C@H]2[C@H]1O. The second kappa shape index (κ2) is 6.97. The van der Waals surface area contributed by atoms with Crippen LogP contribution >= 0.6 is 0 Å². The molecule has 3 aliphatic carbocycles. The topological polar surface area (TPSA) is 140 Å². The number of Topliss-reactive ketones (excluding diaryl/α,β-unsaturated/α-hetero) is 1. The maximum atomic E-state index is 13.3. The van der Waals surface area contributed by atoms with Crippen molar-refractivity contribution in [3.05, 3.63) is 23.8 Å². The Morgan fingerprint density at radius 3 is 2.27 bits per heavy atom. The lowest BCUT2D eigenvalue weighted by Crippen LogP contribution is -2.74. The zero-order chi connectivity index (χ0) is 25.1. The number of aliphatic hydroxyl groups excluding tert-OH is 3. The predicted molar refractivity (Wildman–Crippen MR) is 119 cm³/mol. The summed E-state index contributed by atoms with van der Waals surface area (Å²) < 4.78 is 12.6. The average molecular weight is 467 g/mol. The van der Waals surface area contributed by atoms with Gasteiger partial charge in [0.05, 0.1) is 23.9 Å². The molecule has 2 saturated carbocycles. The molecule has 1 heterocycles. The van der Waals surface area contributed by atoms with Crippen molar-refractivity contribution in [2.24, 2.45) is 23.7 Å². The Kier molecular flexibility index (Phi) is 5.27. The highest BCUT2D eigenvalue weighted by atomic mass is 16.6. The van der Waals surface area contributed by atoms with Gasteiger partial charge < -0.3 is 35.0 Å². The standard InChI is InChI=1S/C25H38O8/c1-11(2)23(30)13(4)14(5)25(33-21(6,7)8)15-9-12(3)17(27)24(15,31)20(29)22(10-26)19(32-22)16(25)18(23)28/h9,13-16,18-20,26,28-31H,1,10H2,2-8H3/t13-,14-,15?,16-,18-,19+,20-,22+,23+,24-,25+/m1/s1. The summed E-state index contributed by atoms with van der Waals surface area (Å²) in [6.07, 6.45) is -2.57. The smallest absolute Gasteiger partial charge is 0.193 e. The number of carbonyl (C=O) groups excluding carboxylic acids is 1. The van der Waals surface area contributed by atoms with E-state index in [0.717, 1.165) is 0 Å². The van der Waals surface area contributed by atoms with Crippen molar-refractivity contribution in [1.29, 1.82) is 0 Å². The van der Waals surface area contributed by atoms with Crippen molar-refractivity contribution >= 4 is 5.78 Å². The molecule has 0 aromatic rings. The van der Waals surface area contributed by atoms with E-state index >= 15 is 0 Å². The molecule has 33 heavy (non-hydrogen) atoms. The van der Waals surface area contributed by atoms with Crippen LogP contribution in [0.5, 0.6) is 0 Å². The number of epoxide rings is 1. The van der Waals surface area contributed by atoms with Crippen molar-refractivity contribution in [3.63, 3.8) is 0 Å². The number of ether oxygens (including phenoxy) is 2. The molecular formula is C25H38O8. The summed E-state index contributed by atoms with van der Waals surface area (Å²) in [4.78, 5) is 13.3. The molecule has 0 bridgehead atoms. The van der Waals surface area contributed by atoms with Crippen LogP contribution in [0.1, 0.15) is 48.5 Å². The van der Waals surface area contributed by atoms with Crippen LogP contribution in [-0.2, 0) is 14.3 Å². The fourth-order valence-electron chi connectivity index (χ4n) is 7.22. The van der Waals surface area contributed by atoms with E-state index in [1.807, 2.05) is 27.7 Å². The Balaban J connectivity index is 2.08. The summed E-state index contributed by atoms with van der Waals surface area (Å²) in [6.45, 7) is 15.6. The van der Waals surface area contributed by atoms with Gasteiger partial charge in [-0.25, -0.2) is 0 Å². The number of carbonyl (C=O) groups is 1. The van der Waals surface area contributed by atoms with Crippen LogP contribution in [0.25, 0.3) is 0 Å². The van der Waals surface area contributed by atoms with E-state index in [0.29, 0.717) is 5.57 Å². The van der Waals surface area contributed by atoms with Gasteiger partial charge in [-0.2, -0.15) is 0 Å². The molecule has 1 saturated heterocycles. The summed E-state index contributed by atoms with van der Waals surface area (Å²) in [5.74, 6) is -3.80. The first-order valence-corrected chi connectivity index (χ1v) is 11.7. The summed E-state index contributed by atoms with van der Waals surface area (Å²) in [5, 5.41) is 57.1. The highest BCUT2D eigenvalue weighted by molar-refractivity contribution is 6.05. The van der Waals surface area contributed by atoms with Crippen molar-refractivity contribution in [2.75, 3.05) is 6.61 Å². The number of rotatable bonds is 3. The van der Waals surface area contributed by atoms with E-state index < -0.39 is 82.4 Å². The van der Waals surface area contributed by atoms with Crippen molar-refractivity contribution in [1.82, 2.24) is 0 Å². The molecule has 5 N–H and O–H groups in total. The van der Waals surface area contributed by atoms with Gasteiger partial charge >= 0.3 is 0 Å². The van der Waals surface area contributed by atoms with Crippen LogP contribution in [0.4, 0.5) is 0 Å². The minimum atomic E-state index is -2.33. The lowest BCUT2D eigenvalue weighted by atomic mass is 9.50. The molecular weight excluding hydrogens is 428 g/mol. The molecule has 8 heteroatoms. The first-order chi connectivity index (χ1) is 15.0. The maximum absolute atomic E-state index is 13.3. The molecule has 1 aliphatic heterocycles. The molecule has 8 nitrogen and oxygen atoms in total. The van der Waals surface area contributed by atoms with E-state index in [1.165, 1.54) is 0 Å². The van der Waals surface area contributed by atoms with Gasteiger partial charge in [-0.15, -0.1) is 0 Å². The molecule has 186 valence electrons. The minimum Gasteiger partial charge on any atom is -0.393 e. The Bertz CT molecular complexity index is 922. The summed E-state index contributed by atoms with van der Waals surface area (Å²) >= 11 is 0. The lowest BCUT2D eigenvalue weighted by Gasteiger charge is -2.62. The largest absolute Gasteiger partial charge is 0.393 e. The Morgan fingerprint density at radius 1 is 1.21 bits per heavy atom. The van der Waals surface area contributed by atoms with Crippen molar-refractivity contribution in [3.8, 4) is 0 Å². The fourth-order valence-corrected chi connectivity index (χ4v) is 7.22. The fraction of sp³-hybridized carbons (Fsp3) is 0.800. The molecule has 11 atom stereocenters. The highest BCUT2D eigenvalue weighted by Gasteiger charge is 2.84. The van der Waals surface area contributed by atoms with E-state index in [4.69, 9.17) is 9.47 Å². The Labute approximate surface area is 194 Å². The van der Waals surface area contributed by atoms with Gasteiger partial charge in [-0.3, -0.25) is 4.79 Å². The number of hydrogen-bond donors (Lipinski definition) is 5. The number of ketones is 1. The molecule has 0 amide bonds. The Morgan fingerprint density at radius 2 is 1.79 bits per heavy atom. The number of fused-ring (bicyclic) bond motifs is 5. The normalized spacial score (nSPS) is 53.5. The van der Waals surface area contributed by atoms with Crippen LogP contribution in [0, 0.1) is 23.7 Å². The van der Waals surface area contributed by atoms with Gasteiger partial charge in [-0.05, 0) is 57.6 Å². The molecule has 4 aliphatic rings. The average Bonchev–Trinajstić information content (AvgIpc) is 3.40. The second-order valence-corrected chi connectivity index (χ2v) is 11.8. The van der Waals surface area contributed by atoms with Gasteiger partial charge in [0, 0.05) is 11.8 Å². The highest BCUT2D eigenvalue weighted by Crippen LogP contribution is 2.67. The summed E-state index contributed by atoms with van der Waals surface area (Å²) in [6, 6.07) is 0. The van der Waals surface area contributed by atoms with E-state index in [-0.39, 0.29) is 5.57 Å². The van der Waals surface area contributed by atoms with E-state index in [1.54, 1.807) is 26.8 Å². The van der Waals surface area contributed by atoms with Crippen LogP contribution in [0.3, 0.4) is 0 Å². The monoisotopic (exact) mass is 466 g/mol. The maximum Gasteiger partial charge on any atom is 0.193 e. The molecule has 4 rings (SSSR count). The van der Waals surface area contributed by atoms with Crippen LogP contribution in [-0.4, -0.2) is 84.2 Å². The van der Waals surface area contributed by atoms with Gasteiger partial charge in [0.1, 0.15) is 23.4 Å². The Hall–Kier alpha value is -1.13. The molecule has 1 unspecified atom stereocenters. The first-order valence-electron chi connectivity index (χ1n) is 11.7. The van der Waals surface area contributed by atoms with Crippen molar-refractivity contribution < 1.29 is 39.8 Å². The van der Waals surface area contributed by atoms with Gasteiger partial charge in [0.25, 0.3) is 0 Å². The third-order valence-corrected chi connectivity index (χ3v) is 8.96. The van der Waals surface area contributed by atoms with E-state index in [2.05, 4.69) is 6.58 Å². The first kappa shape index (κ1) is 25.0. The van der Waals surface area contributed by atoms with Crippen LogP contribution in [0.15, 0.2) is 23.8 Å². The van der Waals surface area contributed by atoms with Gasteiger partial charge in [0.2, 0.25) is 0 Å². The second-order valence-electron chi connectivity index (χ2n) is 11.8. The molecule has 0 aromatic carbocycles. The van der Waals surface area contributed by atoms with E-state index in [9.17, 15) is 30.3 Å². The van der Waals surface area contributed by atoms with Crippen molar-refractivity contribution in [2.45, 2.75) is 94.8 Å². The van der Waals surface area contributed by atoms with Crippen LogP contribution < -0.4 is 0 Å². The minimum absolute atomic E-state index is 0.263. The number of hydrogen-bond acceptors (Lipinski definition) is 8. The summed E-state index contributed by atoms with van der Waals surface area (Å²) in [7, 11) is 0. The zero-order valence-corrected chi connectivity index (χ0v) is 20.5. The molecule has 3 fully saturated rings. The number of aliphatic hydroxyl groups is 5. The lowest BCUT2D eigenvalue weighted by molar-refractivity contribution is -0.305. The van der Waals surface area contributed by atoms with Gasteiger partial charge in [-0.1, -0.05) is 26.5 Å². The summed E-state index contributed by atoms with van der Waals surface area (Å²) in [5.41, 5.74) is -7.29. The quantitative estimate of drug-likeness (QED) is 0.299.